The van der Waals surface area contributed by atoms with Gasteiger partial charge in [0.25, 0.3) is 0 Å². The van der Waals surface area contributed by atoms with Crippen LogP contribution in [0.25, 0.3) is 43.1 Å². The van der Waals surface area contributed by atoms with Gasteiger partial charge in [-0.05, 0) is 55.2 Å². The number of benzene rings is 6. The number of hydrogen-bond acceptors (Lipinski definition) is 1. The molecule has 0 saturated carbocycles. The molecule has 6 aromatic rings. The molecule has 0 heterocycles. The van der Waals surface area contributed by atoms with Gasteiger partial charge in [-0.15, -0.1) is 0 Å². The third-order valence-electron chi connectivity index (χ3n) is 5.29. The zero-order valence-electron chi connectivity index (χ0n) is 15.3. The van der Waals surface area contributed by atoms with Crippen LogP contribution in [0.3, 0.4) is 0 Å². The Hall–Kier alpha value is -3.89. The van der Waals surface area contributed by atoms with Gasteiger partial charge in [-0.3, -0.25) is 0 Å². The number of rotatable bonds is 0. The molecule has 6 rings (SSSR count). The minimum Gasteiger partial charge on any atom is -0.192 e. The van der Waals surface area contributed by atoms with E-state index in [1.54, 1.807) is 12.1 Å². The first-order chi connectivity index (χ1) is 13.9. The molecule has 0 bridgehead atoms. The van der Waals surface area contributed by atoms with E-state index in [1.807, 2.05) is 24.3 Å². The molecule has 0 fully saturated rings. The van der Waals surface area contributed by atoms with E-state index in [4.69, 9.17) is 5.26 Å². The van der Waals surface area contributed by atoms with Crippen LogP contribution in [0.2, 0.25) is 0 Å². The second kappa shape index (κ2) is 6.68. The summed E-state index contributed by atoms with van der Waals surface area (Å²) in [4.78, 5) is 0. The van der Waals surface area contributed by atoms with Crippen molar-refractivity contribution in [1.82, 2.24) is 0 Å². The summed E-state index contributed by atoms with van der Waals surface area (Å²) in [5, 5.41) is 19.2. The molecular weight excluding hydrogens is 338 g/mol. The lowest BCUT2D eigenvalue weighted by molar-refractivity contribution is 1.49. The highest BCUT2D eigenvalue weighted by Gasteiger charge is 2.11. The highest BCUT2D eigenvalue weighted by molar-refractivity contribution is 6.32. The lowest BCUT2D eigenvalue weighted by Gasteiger charge is -2.13. The number of nitriles is 1. The minimum atomic E-state index is 0.715. The van der Waals surface area contributed by atoms with Crippen molar-refractivity contribution in [3.8, 4) is 6.07 Å². The normalized spacial score (nSPS) is 10.8. The highest BCUT2D eigenvalue weighted by atomic mass is 14.2. The van der Waals surface area contributed by atoms with Crippen molar-refractivity contribution in [3.63, 3.8) is 0 Å². The zero-order valence-corrected chi connectivity index (χ0v) is 15.3. The topological polar surface area (TPSA) is 23.8 Å². The molecule has 0 aliphatic carbocycles. The maximum Gasteiger partial charge on any atom is 0.0991 e. The summed E-state index contributed by atoms with van der Waals surface area (Å²) in [6, 6.07) is 37.6. The van der Waals surface area contributed by atoms with Crippen molar-refractivity contribution in [2.45, 2.75) is 0 Å². The van der Waals surface area contributed by atoms with Crippen LogP contribution in [0.15, 0.2) is 103 Å². The van der Waals surface area contributed by atoms with Crippen LogP contribution in [0.5, 0.6) is 0 Å². The molecule has 0 aliphatic heterocycles. The van der Waals surface area contributed by atoms with Crippen molar-refractivity contribution in [1.29, 1.82) is 5.26 Å². The first-order valence-corrected chi connectivity index (χ1v) is 9.36. The van der Waals surface area contributed by atoms with E-state index < -0.39 is 0 Å². The molecule has 6 aromatic carbocycles. The maximum atomic E-state index is 8.29. The Morgan fingerprint density at radius 2 is 0.821 bits per heavy atom. The Bertz CT molecular complexity index is 1290. The van der Waals surface area contributed by atoms with E-state index >= 15 is 0 Å². The number of fused-ring (bicyclic) bond motifs is 2. The van der Waals surface area contributed by atoms with E-state index in [1.165, 1.54) is 43.1 Å². The van der Waals surface area contributed by atoms with Crippen molar-refractivity contribution in [2.75, 3.05) is 0 Å². The molecule has 1 heteroatoms. The van der Waals surface area contributed by atoms with Gasteiger partial charge in [-0.2, -0.15) is 5.26 Å². The average molecular weight is 355 g/mol. The lowest BCUT2D eigenvalue weighted by Crippen LogP contribution is -1.85. The number of nitrogens with zero attached hydrogens (tertiary/aromatic N) is 1. The van der Waals surface area contributed by atoms with Gasteiger partial charge in [0.15, 0.2) is 0 Å². The van der Waals surface area contributed by atoms with E-state index in [-0.39, 0.29) is 0 Å². The second-order valence-electron chi connectivity index (χ2n) is 6.90. The SMILES string of the molecule is N#Cc1ccccc1.c1cc2cccc3c4cccc5cccc(c(c1)c23)c54. The number of hydrogen-bond donors (Lipinski definition) is 0. The molecule has 1 nitrogen and oxygen atoms in total. The van der Waals surface area contributed by atoms with E-state index in [0.717, 1.165) is 0 Å². The summed E-state index contributed by atoms with van der Waals surface area (Å²) in [7, 11) is 0. The molecular formula is C27H17N. The third-order valence-corrected chi connectivity index (χ3v) is 5.29. The average Bonchev–Trinajstić information content (AvgIpc) is 2.78. The van der Waals surface area contributed by atoms with Gasteiger partial charge in [0.1, 0.15) is 0 Å². The molecule has 0 unspecified atom stereocenters. The Morgan fingerprint density at radius 1 is 0.429 bits per heavy atom. The summed E-state index contributed by atoms with van der Waals surface area (Å²) in [5.74, 6) is 0. The van der Waals surface area contributed by atoms with Crippen molar-refractivity contribution >= 4 is 43.1 Å². The Labute approximate surface area is 163 Å². The molecule has 28 heavy (non-hydrogen) atoms. The van der Waals surface area contributed by atoms with Crippen LogP contribution in [0.1, 0.15) is 5.56 Å². The van der Waals surface area contributed by atoms with Gasteiger partial charge in [-0.25, -0.2) is 0 Å². The smallest absolute Gasteiger partial charge is 0.0991 e. The summed E-state index contributed by atoms with van der Waals surface area (Å²) in [6.07, 6.45) is 0. The molecule has 0 aliphatic rings. The van der Waals surface area contributed by atoms with Crippen LogP contribution in [-0.2, 0) is 0 Å². The van der Waals surface area contributed by atoms with Gasteiger partial charge < -0.3 is 0 Å². The quantitative estimate of drug-likeness (QED) is 0.207. The van der Waals surface area contributed by atoms with E-state index in [2.05, 4.69) is 72.8 Å². The highest BCUT2D eigenvalue weighted by Crippen LogP contribution is 2.39. The summed E-state index contributed by atoms with van der Waals surface area (Å²) < 4.78 is 0. The van der Waals surface area contributed by atoms with Crippen LogP contribution < -0.4 is 0 Å². The van der Waals surface area contributed by atoms with Gasteiger partial charge in [0.2, 0.25) is 0 Å². The molecule has 130 valence electrons. The van der Waals surface area contributed by atoms with Crippen molar-refractivity contribution < 1.29 is 0 Å². The molecule has 0 spiro atoms. The molecule has 0 saturated heterocycles. The fourth-order valence-corrected chi connectivity index (χ4v) is 4.09. The van der Waals surface area contributed by atoms with Gasteiger partial charge >= 0.3 is 0 Å². The van der Waals surface area contributed by atoms with Crippen molar-refractivity contribution in [3.05, 3.63) is 109 Å². The third kappa shape index (κ3) is 2.55. The zero-order chi connectivity index (χ0) is 18.9. The van der Waals surface area contributed by atoms with Gasteiger partial charge in [0, 0.05) is 0 Å². The predicted octanol–water partition coefficient (Wildman–Crippen LogP) is 7.30. The Morgan fingerprint density at radius 3 is 1.14 bits per heavy atom. The monoisotopic (exact) mass is 355 g/mol. The molecule has 0 radical (unpaired) electrons. The fraction of sp³-hybridized carbons (Fsp3) is 0. The molecule has 0 atom stereocenters. The van der Waals surface area contributed by atoms with Crippen molar-refractivity contribution in [2.24, 2.45) is 0 Å². The Balaban J connectivity index is 0.000000181. The van der Waals surface area contributed by atoms with Crippen LogP contribution >= 0.6 is 0 Å². The van der Waals surface area contributed by atoms with E-state index in [9.17, 15) is 0 Å². The molecule has 0 N–H and O–H groups in total. The maximum absolute atomic E-state index is 8.29. The summed E-state index contributed by atoms with van der Waals surface area (Å²) in [6.45, 7) is 0. The first-order valence-electron chi connectivity index (χ1n) is 9.36. The largest absolute Gasteiger partial charge is 0.192 e. The van der Waals surface area contributed by atoms with Crippen LogP contribution in [-0.4, -0.2) is 0 Å². The lowest BCUT2D eigenvalue weighted by atomic mass is 9.90. The Kier molecular flexibility index (Phi) is 3.89. The van der Waals surface area contributed by atoms with E-state index in [0.29, 0.717) is 5.56 Å². The van der Waals surface area contributed by atoms with Crippen LogP contribution in [0.4, 0.5) is 0 Å². The standard InChI is InChI=1S/C20H12.C7H5N/c1-5-13-6-2-11-17-18-12-4-8-14-7-3-10-16(20(14)18)15(9-1)19(13)17;8-6-7-4-2-1-3-5-7/h1-12H;1-5H. The summed E-state index contributed by atoms with van der Waals surface area (Å²) >= 11 is 0. The fourth-order valence-electron chi connectivity index (χ4n) is 4.09. The predicted molar refractivity (Wildman–Crippen MR) is 119 cm³/mol. The van der Waals surface area contributed by atoms with Gasteiger partial charge in [0.05, 0.1) is 11.6 Å². The second-order valence-corrected chi connectivity index (χ2v) is 6.90. The summed E-state index contributed by atoms with van der Waals surface area (Å²) in [5.41, 5.74) is 0.715. The molecule has 0 aromatic heterocycles. The molecule has 0 amide bonds. The van der Waals surface area contributed by atoms with Gasteiger partial charge in [-0.1, -0.05) is 91.0 Å². The van der Waals surface area contributed by atoms with Crippen LogP contribution in [0, 0.1) is 11.3 Å². The minimum absolute atomic E-state index is 0.715. The first kappa shape index (κ1) is 16.3.